The lowest BCUT2D eigenvalue weighted by molar-refractivity contribution is -0.578. The van der Waals surface area contributed by atoms with Gasteiger partial charge in [-0.05, 0) is 29.3 Å². The number of hydrogen-bond acceptors (Lipinski definition) is 4. The van der Waals surface area contributed by atoms with Gasteiger partial charge in [0.15, 0.2) is 0 Å². The molecule has 1 saturated heterocycles. The minimum atomic E-state index is -4.82. The van der Waals surface area contributed by atoms with Gasteiger partial charge in [-0.15, -0.1) is 0 Å². The Morgan fingerprint density at radius 3 is 2.03 bits per heavy atom. The summed E-state index contributed by atoms with van der Waals surface area (Å²) in [5, 5.41) is 12.3. The number of benzene rings is 3. The summed E-state index contributed by atoms with van der Waals surface area (Å²) in [6, 6.07) is 16.0. The van der Waals surface area contributed by atoms with Crippen LogP contribution in [0.4, 0.5) is 18.9 Å². The van der Waals surface area contributed by atoms with Gasteiger partial charge in [-0.2, -0.15) is 13.2 Å². The first-order valence-electron chi connectivity index (χ1n) is 10.7. The quantitative estimate of drug-likeness (QED) is 0.278. The number of carbonyl (C=O) groups is 2. The van der Waals surface area contributed by atoms with Crippen LogP contribution in [0.3, 0.4) is 0 Å². The number of carbonyl (C=O) groups excluding carboxylic acids is 2. The number of imide groups is 1. The molecule has 0 radical (unpaired) electrons. The third kappa shape index (κ3) is 2.56. The monoisotopic (exact) mass is 498 g/mol. The predicted molar refractivity (Wildman–Crippen MR) is 118 cm³/mol. The zero-order valence-electron chi connectivity index (χ0n) is 17.6. The zero-order chi connectivity index (χ0) is 24.9. The van der Waals surface area contributed by atoms with Gasteiger partial charge in [0.05, 0.1) is 22.2 Å². The summed E-state index contributed by atoms with van der Waals surface area (Å²) in [6.45, 7) is 0. The molecule has 0 unspecified atom stereocenters. The van der Waals surface area contributed by atoms with E-state index < -0.39 is 56.8 Å². The SMILES string of the molecule is O=C1[C@@H]2[C@@H](C(=O)N1c1ccc(Cl)c(C(F)(F)F)c1)C1c3ccccc3C2([N+](=O)[O-])c2ccccc21. The average molecular weight is 499 g/mol. The second kappa shape index (κ2) is 6.91. The molecule has 10 heteroatoms. The number of halogens is 4. The van der Waals surface area contributed by atoms with E-state index in [1.165, 1.54) is 0 Å². The minimum absolute atomic E-state index is 0.322. The topological polar surface area (TPSA) is 80.5 Å². The largest absolute Gasteiger partial charge is 0.417 e. The van der Waals surface area contributed by atoms with Gasteiger partial charge in [0, 0.05) is 22.0 Å². The molecular weight excluding hydrogens is 485 g/mol. The van der Waals surface area contributed by atoms with Crippen molar-refractivity contribution >= 4 is 29.1 Å². The van der Waals surface area contributed by atoms with Crippen LogP contribution >= 0.6 is 11.6 Å². The van der Waals surface area contributed by atoms with Crippen LogP contribution in [0.2, 0.25) is 5.02 Å². The van der Waals surface area contributed by atoms with E-state index in [0.29, 0.717) is 33.2 Å². The summed E-state index contributed by atoms with van der Waals surface area (Å²) in [7, 11) is 0. The van der Waals surface area contributed by atoms with Crippen molar-refractivity contribution in [2.24, 2.45) is 11.8 Å². The van der Waals surface area contributed by atoms with Crippen molar-refractivity contribution in [1.29, 1.82) is 0 Å². The van der Waals surface area contributed by atoms with Crippen molar-refractivity contribution in [3.8, 4) is 0 Å². The predicted octanol–water partition coefficient (Wildman–Crippen LogP) is 5.14. The van der Waals surface area contributed by atoms with E-state index in [9.17, 15) is 32.9 Å². The maximum absolute atomic E-state index is 13.8. The zero-order valence-corrected chi connectivity index (χ0v) is 18.4. The van der Waals surface area contributed by atoms with E-state index >= 15 is 0 Å². The van der Waals surface area contributed by atoms with Gasteiger partial charge in [-0.3, -0.25) is 19.7 Å². The lowest BCUT2D eigenvalue weighted by Crippen LogP contribution is -2.57. The fourth-order valence-corrected chi connectivity index (χ4v) is 6.39. The molecule has 0 saturated carbocycles. The number of rotatable bonds is 2. The van der Waals surface area contributed by atoms with E-state index in [-0.39, 0.29) is 5.69 Å². The first kappa shape index (κ1) is 21.8. The van der Waals surface area contributed by atoms with E-state index in [0.717, 1.165) is 12.1 Å². The highest BCUT2D eigenvalue weighted by Gasteiger charge is 2.74. The second-order valence-corrected chi connectivity index (χ2v) is 9.26. The molecule has 3 aromatic rings. The summed E-state index contributed by atoms with van der Waals surface area (Å²) < 4.78 is 40.5. The lowest BCUT2D eigenvalue weighted by Gasteiger charge is -2.48. The molecule has 2 atom stereocenters. The van der Waals surface area contributed by atoms with Gasteiger partial charge >= 0.3 is 6.18 Å². The molecular formula is C25H14ClF3N2O4. The third-order valence-corrected chi connectivity index (χ3v) is 7.70. The summed E-state index contributed by atoms with van der Waals surface area (Å²) >= 11 is 5.73. The Hall–Kier alpha value is -3.72. The molecule has 1 fully saturated rings. The Morgan fingerprint density at radius 2 is 1.49 bits per heavy atom. The number of amides is 2. The highest BCUT2D eigenvalue weighted by atomic mass is 35.5. The molecule has 2 amide bonds. The molecule has 0 aromatic heterocycles. The molecule has 3 aliphatic carbocycles. The van der Waals surface area contributed by atoms with Crippen molar-refractivity contribution in [3.05, 3.63) is 110 Å². The number of alkyl halides is 3. The van der Waals surface area contributed by atoms with Crippen molar-refractivity contribution in [1.82, 2.24) is 0 Å². The minimum Gasteiger partial charge on any atom is -0.274 e. The van der Waals surface area contributed by atoms with E-state index in [2.05, 4.69) is 0 Å². The normalized spacial score (nSPS) is 26.4. The van der Waals surface area contributed by atoms with Gasteiger partial charge in [-0.25, -0.2) is 4.90 Å². The molecule has 2 bridgehead atoms. The van der Waals surface area contributed by atoms with Crippen LogP contribution in [-0.4, -0.2) is 16.7 Å². The van der Waals surface area contributed by atoms with Gasteiger partial charge in [-0.1, -0.05) is 60.1 Å². The maximum atomic E-state index is 13.8. The Labute approximate surface area is 201 Å². The molecule has 1 aliphatic heterocycles. The molecule has 7 rings (SSSR count). The molecule has 3 aromatic carbocycles. The average Bonchev–Trinajstić information content (AvgIpc) is 3.09. The van der Waals surface area contributed by atoms with Crippen molar-refractivity contribution in [2.75, 3.05) is 4.90 Å². The van der Waals surface area contributed by atoms with Crippen LogP contribution in [0.15, 0.2) is 66.7 Å². The Bertz CT molecular complexity index is 1420. The third-order valence-electron chi connectivity index (χ3n) is 7.37. The van der Waals surface area contributed by atoms with Crippen molar-refractivity contribution < 1.29 is 27.7 Å². The Morgan fingerprint density at radius 1 is 0.914 bits per heavy atom. The van der Waals surface area contributed by atoms with Crippen LogP contribution in [0, 0.1) is 22.0 Å². The van der Waals surface area contributed by atoms with Crippen molar-refractivity contribution in [3.63, 3.8) is 0 Å². The van der Waals surface area contributed by atoms with Crippen LogP contribution in [0.1, 0.15) is 33.7 Å². The molecule has 1 heterocycles. The van der Waals surface area contributed by atoms with Crippen LogP contribution < -0.4 is 4.90 Å². The Kier molecular flexibility index (Phi) is 4.30. The fraction of sp³-hybridized carbons (Fsp3) is 0.200. The van der Waals surface area contributed by atoms with Crippen LogP contribution in [-0.2, 0) is 21.3 Å². The molecule has 0 N–H and O–H groups in total. The second-order valence-electron chi connectivity index (χ2n) is 8.85. The molecule has 176 valence electrons. The van der Waals surface area contributed by atoms with Gasteiger partial charge in [0.2, 0.25) is 11.8 Å². The lowest BCUT2D eigenvalue weighted by atomic mass is 9.51. The van der Waals surface area contributed by atoms with Gasteiger partial charge in [0.25, 0.3) is 5.54 Å². The van der Waals surface area contributed by atoms with E-state index in [4.69, 9.17) is 11.6 Å². The first-order valence-corrected chi connectivity index (χ1v) is 11.1. The number of anilines is 1. The fourth-order valence-electron chi connectivity index (χ4n) is 6.17. The standard InChI is InChI=1S/C25H14ClF3N2O4/c26-18-10-9-12(11-17(18)25(27,28)29)30-22(32)20-19-13-5-1-3-7-15(13)24(31(34)35,21(20)23(30)33)16-8-4-2-6-14(16)19/h1-11,19-21H/t19?,20-,21-,24?/m0/s1. The highest BCUT2D eigenvalue weighted by molar-refractivity contribution is 6.31. The molecule has 6 nitrogen and oxygen atoms in total. The number of hydrogen-bond donors (Lipinski definition) is 0. The van der Waals surface area contributed by atoms with Gasteiger partial charge < -0.3 is 0 Å². The molecule has 35 heavy (non-hydrogen) atoms. The smallest absolute Gasteiger partial charge is 0.274 e. The maximum Gasteiger partial charge on any atom is 0.417 e. The number of nitro groups is 1. The summed E-state index contributed by atoms with van der Waals surface area (Å²) in [6.07, 6.45) is -4.82. The Balaban J connectivity index is 1.61. The summed E-state index contributed by atoms with van der Waals surface area (Å²) in [5.74, 6) is -4.87. The van der Waals surface area contributed by atoms with Crippen LogP contribution in [0.25, 0.3) is 0 Å². The molecule has 4 aliphatic rings. The van der Waals surface area contributed by atoms with E-state index in [1.54, 1.807) is 48.5 Å². The summed E-state index contributed by atoms with van der Waals surface area (Å²) in [4.78, 5) is 40.5. The van der Waals surface area contributed by atoms with Crippen molar-refractivity contribution in [2.45, 2.75) is 17.6 Å². The van der Waals surface area contributed by atoms with E-state index in [1.807, 2.05) is 0 Å². The number of nitrogens with zero attached hydrogens (tertiary/aromatic N) is 2. The van der Waals surface area contributed by atoms with Crippen LogP contribution in [0.5, 0.6) is 0 Å². The molecule has 0 spiro atoms. The van der Waals surface area contributed by atoms with Gasteiger partial charge in [0.1, 0.15) is 5.92 Å². The highest BCUT2D eigenvalue weighted by Crippen LogP contribution is 2.64. The first-order chi connectivity index (χ1) is 16.6. The summed E-state index contributed by atoms with van der Waals surface area (Å²) in [5.41, 5.74) is -1.79.